The van der Waals surface area contributed by atoms with Crippen LogP contribution in [0.1, 0.15) is 108 Å². The molecule has 4 N–H and O–H groups in total. The molecule has 7 heteroatoms. The van der Waals surface area contributed by atoms with Gasteiger partial charge in [0.1, 0.15) is 0 Å². The third-order valence-corrected chi connectivity index (χ3v) is 6.93. The standard InChI is InChI=1S/C30H52N4O3/c1-8-16-34(17-9-2)30(37)25-13-11-12-24(19-25)29(36)33-27(15-14-21(4)5)26(31)18-23(7)28(35)32-20-22(6)10-3/h11-13,19,21-23,26-27H,8-10,14-18,20,31H2,1-7H3,(H,32,35)(H,33,36)/t22-,23+,26-,27-/m0/s1. The van der Waals surface area contributed by atoms with Crippen LogP contribution in [0.25, 0.3) is 0 Å². The Bertz CT molecular complexity index is 836. The molecule has 1 aromatic rings. The Hall–Kier alpha value is -2.41. The third-order valence-electron chi connectivity index (χ3n) is 6.93. The van der Waals surface area contributed by atoms with Gasteiger partial charge in [0.15, 0.2) is 0 Å². The van der Waals surface area contributed by atoms with Crippen molar-refractivity contribution in [3.05, 3.63) is 35.4 Å². The zero-order valence-electron chi connectivity index (χ0n) is 24.3. The Labute approximate surface area is 225 Å². The molecular formula is C30H52N4O3. The summed E-state index contributed by atoms with van der Waals surface area (Å²) in [5.41, 5.74) is 7.54. The summed E-state index contributed by atoms with van der Waals surface area (Å²) in [5.74, 6) is 0.351. The number of nitrogens with one attached hydrogen (secondary N) is 2. The number of hydrogen-bond acceptors (Lipinski definition) is 4. The van der Waals surface area contributed by atoms with Crippen molar-refractivity contribution < 1.29 is 14.4 Å². The predicted octanol–water partition coefficient (Wildman–Crippen LogP) is 5.00. The van der Waals surface area contributed by atoms with E-state index in [1.54, 1.807) is 24.3 Å². The van der Waals surface area contributed by atoms with Gasteiger partial charge < -0.3 is 21.3 Å². The number of nitrogens with two attached hydrogens (primary N) is 1. The highest BCUT2D eigenvalue weighted by Gasteiger charge is 2.26. The summed E-state index contributed by atoms with van der Waals surface area (Å²) in [6.45, 7) is 16.5. The maximum atomic E-state index is 13.3. The number of carbonyl (C=O) groups excluding carboxylic acids is 3. The van der Waals surface area contributed by atoms with E-state index in [-0.39, 0.29) is 35.7 Å². The number of carbonyl (C=O) groups is 3. The SMILES string of the molecule is CCCN(CCC)C(=O)c1cccc(C(=O)N[C@@H](CCC(C)C)[C@@H](N)C[C@@H](C)C(=O)NC[C@@H](C)CC)c1. The number of nitrogens with zero attached hydrogens (tertiary/aromatic N) is 1. The average molecular weight is 517 g/mol. The zero-order valence-corrected chi connectivity index (χ0v) is 24.3. The molecule has 210 valence electrons. The lowest BCUT2D eigenvalue weighted by molar-refractivity contribution is -0.125. The first kappa shape index (κ1) is 32.6. The van der Waals surface area contributed by atoms with E-state index >= 15 is 0 Å². The number of rotatable bonds is 17. The molecule has 0 heterocycles. The summed E-state index contributed by atoms with van der Waals surface area (Å²) in [6.07, 6.45) is 4.90. The van der Waals surface area contributed by atoms with Crippen LogP contribution in [-0.2, 0) is 4.79 Å². The van der Waals surface area contributed by atoms with Crippen LogP contribution in [0.15, 0.2) is 24.3 Å². The molecule has 0 aromatic heterocycles. The molecule has 1 rings (SSSR count). The fraction of sp³-hybridized carbons (Fsp3) is 0.700. The normalized spacial score (nSPS) is 14.5. The van der Waals surface area contributed by atoms with Gasteiger partial charge in [0.05, 0.1) is 0 Å². The minimum absolute atomic E-state index is 0.000359. The number of amides is 3. The summed E-state index contributed by atoms with van der Waals surface area (Å²) in [6, 6.07) is 6.29. The minimum atomic E-state index is -0.360. The molecule has 0 saturated carbocycles. The fourth-order valence-electron chi connectivity index (χ4n) is 4.26. The van der Waals surface area contributed by atoms with Crippen LogP contribution in [0.4, 0.5) is 0 Å². The topological polar surface area (TPSA) is 105 Å². The first-order valence-corrected chi connectivity index (χ1v) is 14.3. The first-order valence-electron chi connectivity index (χ1n) is 14.3. The maximum absolute atomic E-state index is 13.3. The Morgan fingerprint density at radius 1 is 0.946 bits per heavy atom. The fourth-order valence-corrected chi connectivity index (χ4v) is 4.26. The largest absolute Gasteiger partial charge is 0.356 e. The van der Waals surface area contributed by atoms with E-state index in [0.717, 1.165) is 32.1 Å². The van der Waals surface area contributed by atoms with Crippen LogP contribution < -0.4 is 16.4 Å². The van der Waals surface area contributed by atoms with Gasteiger partial charge in [-0.25, -0.2) is 0 Å². The van der Waals surface area contributed by atoms with Crippen LogP contribution in [-0.4, -0.2) is 54.3 Å². The molecule has 0 aliphatic carbocycles. The van der Waals surface area contributed by atoms with Gasteiger partial charge in [-0.15, -0.1) is 0 Å². The average Bonchev–Trinajstić information content (AvgIpc) is 2.88. The van der Waals surface area contributed by atoms with E-state index < -0.39 is 0 Å². The second-order valence-corrected chi connectivity index (χ2v) is 11.0. The van der Waals surface area contributed by atoms with Gasteiger partial charge in [0, 0.05) is 48.8 Å². The molecule has 0 fully saturated rings. The minimum Gasteiger partial charge on any atom is -0.356 e. The van der Waals surface area contributed by atoms with Crippen molar-refractivity contribution in [3.8, 4) is 0 Å². The summed E-state index contributed by atoms with van der Waals surface area (Å²) in [7, 11) is 0. The number of benzene rings is 1. The van der Waals surface area contributed by atoms with Crippen LogP contribution >= 0.6 is 0 Å². The smallest absolute Gasteiger partial charge is 0.253 e. The highest BCUT2D eigenvalue weighted by Crippen LogP contribution is 2.16. The third kappa shape index (κ3) is 11.7. The molecule has 0 spiro atoms. The summed E-state index contributed by atoms with van der Waals surface area (Å²) in [5, 5.41) is 6.14. The van der Waals surface area contributed by atoms with Crippen molar-refractivity contribution in [3.63, 3.8) is 0 Å². The first-order chi connectivity index (χ1) is 17.5. The lowest BCUT2D eigenvalue weighted by Gasteiger charge is -2.28. The molecule has 3 amide bonds. The van der Waals surface area contributed by atoms with Crippen molar-refractivity contribution in [1.29, 1.82) is 0 Å². The van der Waals surface area contributed by atoms with E-state index in [1.165, 1.54) is 0 Å². The van der Waals surface area contributed by atoms with Crippen molar-refractivity contribution in [1.82, 2.24) is 15.5 Å². The summed E-state index contributed by atoms with van der Waals surface area (Å²) < 4.78 is 0. The van der Waals surface area contributed by atoms with Gasteiger partial charge in [-0.2, -0.15) is 0 Å². The lowest BCUT2D eigenvalue weighted by atomic mass is 9.91. The van der Waals surface area contributed by atoms with Gasteiger partial charge >= 0.3 is 0 Å². The molecule has 0 unspecified atom stereocenters. The molecule has 37 heavy (non-hydrogen) atoms. The van der Waals surface area contributed by atoms with Crippen molar-refractivity contribution in [2.75, 3.05) is 19.6 Å². The molecule has 0 aliphatic heterocycles. The zero-order chi connectivity index (χ0) is 28.0. The lowest BCUT2D eigenvalue weighted by Crippen LogP contribution is -2.49. The quantitative estimate of drug-likeness (QED) is 0.271. The van der Waals surface area contributed by atoms with Gasteiger partial charge in [0.2, 0.25) is 5.91 Å². The van der Waals surface area contributed by atoms with Gasteiger partial charge in [-0.3, -0.25) is 14.4 Å². The van der Waals surface area contributed by atoms with E-state index in [0.29, 0.717) is 49.0 Å². The second-order valence-electron chi connectivity index (χ2n) is 11.0. The van der Waals surface area contributed by atoms with Crippen molar-refractivity contribution in [2.24, 2.45) is 23.5 Å². The van der Waals surface area contributed by atoms with Crippen LogP contribution in [0.2, 0.25) is 0 Å². The Morgan fingerprint density at radius 3 is 2.14 bits per heavy atom. The van der Waals surface area contributed by atoms with E-state index in [2.05, 4.69) is 52.2 Å². The van der Waals surface area contributed by atoms with E-state index in [1.807, 2.05) is 11.8 Å². The highest BCUT2D eigenvalue weighted by atomic mass is 16.2. The van der Waals surface area contributed by atoms with Gasteiger partial charge in [-0.05, 0) is 62.1 Å². The van der Waals surface area contributed by atoms with Gasteiger partial charge in [0.25, 0.3) is 11.8 Å². The van der Waals surface area contributed by atoms with E-state index in [4.69, 9.17) is 5.73 Å². The Balaban J connectivity index is 2.95. The maximum Gasteiger partial charge on any atom is 0.253 e. The number of hydrogen-bond donors (Lipinski definition) is 3. The molecule has 4 atom stereocenters. The molecule has 7 nitrogen and oxygen atoms in total. The molecule has 0 aliphatic rings. The van der Waals surface area contributed by atoms with E-state index in [9.17, 15) is 14.4 Å². The van der Waals surface area contributed by atoms with Crippen molar-refractivity contribution >= 4 is 17.7 Å². The van der Waals surface area contributed by atoms with Crippen molar-refractivity contribution in [2.45, 2.75) is 99.1 Å². The Kier molecular flexibility index (Phi) is 15.1. The predicted molar refractivity (Wildman–Crippen MR) is 152 cm³/mol. The molecular weight excluding hydrogens is 464 g/mol. The molecule has 1 aromatic carbocycles. The highest BCUT2D eigenvalue weighted by molar-refractivity contribution is 5.99. The summed E-state index contributed by atoms with van der Waals surface area (Å²) >= 11 is 0. The Morgan fingerprint density at radius 2 is 1.57 bits per heavy atom. The molecule has 0 bridgehead atoms. The van der Waals surface area contributed by atoms with Crippen LogP contribution in [0.3, 0.4) is 0 Å². The molecule has 0 saturated heterocycles. The second kappa shape index (κ2) is 17.2. The summed E-state index contributed by atoms with van der Waals surface area (Å²) in [4.78, 5) is 40.7. The molecule has 0 radical (unpaired) electrons. The monoisotopic (exact) mass is 516 g/mol. The van der Waals surface area contributed by atoms with Gasteiger partial charge in [-0.1, -0.05) is 61.0 Å². The van der Waals surface area contributed by atoms with Crippen LogP contribution in [0, 0.1) is 17.8 Å². The van der Waals surface area contributed by atoms with Crippen LogP contribution in [0.5, 0.6) is 0 Å².